The number of amides is 1. The van der Waals surface area contributed by atoms with Crippen LogP contribution in [0, 0.1) is 5.92 Å². The predicted molar refractivity (Wildman–Crippen MR) is 72.6 cm³/mol. The van der Waals surface area contributed by atoms with Gasteiger partial charge < -0.3 is 0 Å². The molecule has 1 N–H and O–H groups in total. The highest BCUT2D eigenvalue weighted by molar-refractivity contribution is 7.90. The Bertz CT molecular complexity index is 618. The van der Waals surface area contributed by atoms with E-state index in [1.165, 1.54) is 6.26 Å². The summed E-state index contributed by atoms with van der Waals surface area (Å²) < 4.78 is 22.8. The van der Waals surface area contributed by atoms with Gasteiger partial charge >= 0.3 is 0 Å². The molecule has 0 radical (unpaired) electrons. The van der Waals surface area contributed by atoms with Crippen LogP contribution in [0.5, 0.6) is 0 Å². The molecule has 0 bridgehead atoms. The van der Waals surface area contributed by atoms with Crippen molar-refractivity contribution >= 4 is 21.5 Å². The highest BCUT2D eigenvalue weighted by Gasteiger charge is 2.24. The zero-order valence-corrected chi connectivity index (χ0v) is 11.7. The van der Waals surface area contributed by atoms with Crippen molar-refractivity contribution in [2.45, 2.75) is 24.7 Å². The second-order valence-corrected chi connectivity index (χ2v) is 6.65. The van der Waals surface area contributed by atoms with Crippen molar-refractivity contribution in [2.75, 3.05) is 6.26 Å². The second kappa shape index (κ2) is 5.13. The van der Waals surface area contributed by atoms with E-state index in [2.05, 4.69) is 10.5 Å². The van der Waals surface area contributed by atoms with Crippen molar-refractivity contribution in [3.8, 4) is 0 Å². The molecule has 0 spiro atoms. The van der Waals surface area contributed by atoms with Crippen molar-refractivity contribution < 1.29 is 13.2 Å². The van der Waals surface area contributed by atoms with Gasteiger partial charge in [-0.2, -0.15) is 5.10 Å². The van der Waals surface area contributed by atoms with E-state index < -0.39 is 9.84 Å². The maximum atomic E-state index is 11.4. The molecule has 1 aliphatic heterocycles. The third kappa shape index (κ3) is 3.01. The fourth-order valence-electron chi connectivity index (χ4n) is 2.09. The average molecular weight is 280 g/mol. The topological polar surface area (TPSA) is 75.6 Å². The highest BCUT2D eigenvalue weighted by atomic mass is 32.2. The molecule has 1 amide bonds. The Morgan fingerprint density at radius 1 is 1.32 bits per heavy atom. The van der Waals surface area contributed by atoms with E-state index >= 15 is 0 Å². The molecule has 5 nitrogen and oxygen atoms in total. The minimum absolute atomic E-state index is 0.0802. The minimum Gasteiger partial charge on any atom is -0.273 e. The van der Waals surface area contributed by atoms with Gasteiger partial charge in [0.25, 0.3) is 0 Å². The fourth-order valence-corrected chi connectivity index (χ4v) is 2.72. The van der Waals surface area contributed by atoms with Gasteiger partial charge in [-0.15, -0.1) is 0 Å². The maximum Gasteiger partial charge on any atom is 0.240 e. The molecule has 102 valence electrons. The van der Waals surface area contributed by atoms with Crippen LogP contribution in [0.15, 0.2) is 34.3 Å². The van der Waals surface area contributed by atoms with Gasteiger partial charge in [0.05, 0.1) is 10.6 Å². The first kappa shape index (κ1) is 13.7. The molecular formula is C13H16N2O3S. The van der Waals surface area contributed by atoms with Gasteiger partial charge in [-0.25, -0.2) is 13.8 Å². The van der Waals surface area contributed by atoms with Crippen LogP contribution in [0.4, 0.5) is 0 Å². The first-order valence-electron chi connectivity index (χ1n) is 6.08. The molecule has 1 aromatic carbocycles. The molecule has 0 saturated heterocycles. The van der Waals surface area contributed by atoms with Crippen LogP contribution in [0.25, 0.3) is 0 Å². The number of hydrogen-bond acceptors (Lipinski definition) is 4. The van der Waals surface area contributed by atoms with E-state index in [9.17, 15) is 13.2 Å². The number of nitrogens with one attached hydrogen (secondary N) is 1. The van der Waals surface area contributed by atoms with Crippen LogP contribution in [0.2, 0.25) is 0 Å². The lowest BCUT2D eigenvalue weighted by molar-refractivity contribution is -0.122. The molecule has 1 aromatic rings. The van der Waals surface area contributed by atoms with Gasteiger partial charge in [-0.1, -0.05) is 19.1 Å². The Hall–Kier alpha value is -1.69. The lowest BCUT2D eigenvalue weighted by Gasteiger charge is -2.21. The molecule has 1 atom stereocenters. The molecule has 19 heavy (non-hydrogen) atoms. The standard InChI is InChI=1S/C13H16N2O3S/c1-3-9-8-12(16)14-15-13(9)10-4-6-11(7-5-10)19(2,17)18/h4-7,9H,3,8H2,1-2H3,(H,14,16). The number of rotatable bonds is 3. The van der Waals surface area contributed by atoms with Crippen molar-refractivity contribution in [2.24, 2.45) is 11.0 Å². The number of sulfone groups is 1. The lowest BCUT2D eigenvalue weighted by atomic mass is 9.90. The Labute approximate surface area is 112 Å². The summed E-state index contributed by atoms with van der Waals surface area (Å²) in [5.41, 5.74) is 4.12. The van der Waals surface area contributed by atoms with Crippen LogP contribution in [0.3, 0.4) is 0 Å². The number of carbonyl (C=O) groups is 1. The summed E-state index contributed by atoms with van der Waals surface area (Å²) in [6.45, 7) is 2.00. The van der Waals surface area contributed by atoms with Crippen molar-refractivity contribution in [3.63, 3.8) is 0 Å². The monoisotopic (exact) mass is 280 g/mol. The molecule has 0 saturated carbocycles. The molecule has 1 heterocycles. The van der Waals surface area contributed by atoms with Gasteiger partial charge in [0.15, 0.2) is 9.84 Å². The summed E-state index contributed by atoms with van der Waals surface area (Å²) in [5.74, 6) is 0.00110. The quantitative estimate of drug-likeness (QED) is 0.907. The summed E-state index contributed by atoms with van der Waals surface area (Å²) in [7, 11) is -3.19. The third-order valence-corrected chi connectivity index (χ3v) is 4.32. The maximum absolute atomic E-state index is 11.4. The normalized spacial score (nSPS) is 19.8. The van der Waals surface area contributed by atoms with Gasteiger partial charge in [0.2, 0.25) is 5.91 Å². The summed E-state index contributed by atoms with van der Waals surface area (Å²) in [4.78, 5) is 11.6. The summed E-state index contributed by atoms with van der Waals surface area (Å²) in [6.07, 6.45) is 2.42. The van der Waals surface area contributed by atoms with E-state index in [1.807, 2.05) is 6.92 Å². The van der Waals surface area contributed by atoms with Gasteiger partial charge in [-0.05, 0) is 24.1 Å². The minimum atomic E-state index is -3.19. The highest BCUT2D eigenvalue weighted by Crippen LogP contribution is 2.21. The van der Waals surface area contributed by atoms with Gasteiger partial charge in [0, 0.05) is 18.6 Å². The van der Waals surface area contributed by atoms with Crippen LogP contribution >= 0.6 is 0 Å². The Balaban J connectivity index is 2.34. The molecule has 2 rings (SSSR count). The second-order valence-electron chi connectivity index (χ2n) is 4.64. The smallest absolute Gasteiger partial charge is 0.240 e. The van der Waals surface area contributed by atoms with Gasteiger partial charge in [-0.3, -0.25) is 4.79 Å². The fraction of sp³-hybridized carbons (Fsp3) is 0.385. The molecule has 0 aromatic heterocycles. The molecule has 0 aliphatic carbocycles. The third-order valence-electron chi connectivity index (χ3n) is 3.19. The zero-order valence-electron chi connectivity index (χ0n) is 10.9. The van der Waals surface area contributed by atoms with Crippen LogP contribution in [-0.4, -0.2) is 26.3 Å². The Morgan fingerprint density at radius 2 is 1.95 bits per heavy atom. The SMILES string of the molecule is CCC1CC(=O)NN=C1c1ccc(S(C)(=O)=O)cc1. The van der Waals surface area contributed by atoms with E-state index in [1.54, 1.807) is 24.3 Å². The number of benzene rings is 1. The average Bonchev–Trinajstić information content (AvgIpc) is 2.37. The van der Waals surface area contributed by atoms with E-state index in [-0.39, 0.29) is 16.7 Å². The molecule has 1 aliphatic rings. The van der Waals surface area contributed by atoms with Crippen molar-refractivity contribution in [3.05, 3.63) is 29.8 Å². The summed E-state index contributed by atoms with van der Waals surface area (Å²) >= 11 is 0. The van der Waals surface area contributed by atoms with E-state index in [0.717, 1.165) is 17.7 Å². The zero-order chi connectivity index (χ0) is 14.0. The summed E-state index contributed by atoms with van der Waals surface area (Å²) in [5, 5.41) is 4.09. The number of nitrogens with zero attached hydrogens (tertiary/aromatic N) is 1. The molecule has 0 fully saturated rings. The number of hydrogen-bond donors (Lipinski definition) is 1. The first-order chi connectivity index (χ1) is 8.91. The largest absolute Gasteiger partial charge is 0.273 e. The lowest BCUT2D eigenvalue weighted by Crippen LogP contribution is -2.33. The molecule has 6 heteroatoms. The van der Waals surface area contributed by atoms with E-state index in [4.69, 9.17) is 0 Å². The molecule has 1 unspecified atom stereocenters. The van der Waals surface area contributed by atoms with Crippen LogP contribution < -0.4 is 5.43 Å². The van der Waals surface area contributed by atoms with E-state index in [0.29, 0.717) is 6.42 Å². The molecular weight excluding hydrogens is 264 g/mol. The number of carbonyl (C=O) groups excluding carboxylic acids is 1. The first-order valence-corrected chi connectivity index (χ1v) is 7.98. The number of hydrazone groups is 1. The Morgan fingerprint density at radius 3 is 2.47 bits per heavy atom. The van der Waals surface area contributed by atoms with Gasteiger partial charge in [0.1, 0.15) is 0 Å². The predicted octanol–water partition coefficient (Wildman–Crippen LogP) is 1.34. The van der Waals surface area contributed by atoms with Crippen molar-refractivity contribution in [1.29, 1.82) is 0 Å². The van der Waals surface area contributed by atoms with Crippen LogP contribution in [0.1, 0.15) is 25.3 Å². The Kier molecular flexibility index (Phi) is 3.71. The summed E-state index contributed by atoms with van der Waals surface area (Å²) in [6, 6.07) is 6.59. The van der Waals surface area contributed by atoms with Crippen molar-refractivity contribution in [1.82, 2.24) is 5.43 Å². The van der Waals surface area contributed by atoms with Crippen LogP contribution in [-0.2, 0) is 14.6 Å².